The average molecular weight is 532 g/mol. The van der Waals surface area contributed by atoms with Crippen molar-refractivity contribution in [2.45, 2.75) is 20.0 Å². The molecule has 0 fully saturated rings. The quantitative estimate of drug-likeness (QED) is 0.203. The molecule has 2 aromatic carbocycles. The van der Waals surface area contributed by atoms with Crippen LogP contribution < -0.4 is 48.0 Å². The molecule has 0 nitrogen and oxygen atoms in total. The first-order chi connectivity index (χ1) is 6.27. The van der Waals surface area contributed by atoms with Crippen LogP contribution in [0.15, 0.2) is 36.4 Å². The monoisotopic (exact) mass is 531 g/mol. The second-order valence-electron chi connectivity index (χ2n) is 3.16. The minimum atomic E-state index is 0. The molecule has 0 heterocycles. The van der Waals surface area contributed by atoms with Crippen LogP contribution in [0.5, 0.6) is 0 Å². The summed E-state index contributed by atoms with van der Waals surface area (Å²) in [4.78, 5) is 0. The van der Waals surface area contributed by atoms with Gasteiger partial charge < -0.3 is 48.0 Å². The van der Waals surface area contributed by atoms with Gasteiger partial charge in [0.2, 0.25) is 0 Å². The minimum absolute atomic E-state index is 0. The summed E-state index contributed by atoms with van der Waals surface area (Å²) in [5.41, 5.74) is 1.35. The smallest absolute Gasteiger partial charge is 1.00 e. The predicted octanol–water partition coefficient (Wildman–Crippen LogP) is -2.34. The summed E-state index contributed by atoms with van der Waals surface area (Å²) in [6, 6.07) is 12.8. The summed E-state index contributed by atoms with van der Waals surface area (Å²) in [5, 5.41) is 2.69. The van der Waals surface area contributed by atoms with Crippen molar-refractivity contribution in [2.75, 3.05) is 0 Å². The number of aryl methyl sites for hydroxylation is 1. The van der Waals surface area contributed by atoms with Gasteiger partial charge >= 0.3 is 26.2 Å². The van der Waals surface area contributed by atoms with Crippen LogP contribution in [0.3, 0.4) is 0 Å². The van der Waals surface area contributed by atoms with Crippen molar-refractivity contribution < 1.29 is 74.2 Å². The molecule has 3 radical (unpaired) electrons. The molecule has 0 saturated heterocycles. The van der Waals surface area contributed by atoms with E-state index in [-0.39, 0.29) is 74.2 Å². The summed E-state index contributed by atoms with van der Waals surface area (Å²) < 4.78 is 0. The maximum Gasteiger partial charge on any atom is 3.00 e. The Morgan fingerprint density at radius 1 is 1.06 bits per heavy atom. The number of fused-ring (bicyclic) bond motifs is 1. The number of hydrogen-bond donors (Lipinski definition) is 0. The van der Waals surface area contributed by atoms with Gasteiger partial charge in [0.25, 0.3) is 0 Å². The average Bonchev–Trinajstić information content (AvgIpc) is 2.45. The van der Waals surface area contributed by atoms with Gasteiger partial charge in [-0.15, -0.1) is 40.6 Å². The second-order valence-corrected chi connectivity index (χ2v) is 4.16. The summed E-state index contributed by atoms with van der Waals surface area (Å²) in [7, 11) is 1.08. The summed E-state index contributed by atoms with van der Waals surface area (Å²) in [5.74, 6) is 0. The molecule has 4 heteroatoms. The molecule has 0 spiro atoms. The van der Waals surface area contributed by atoms with Gasteiger partial charge in [0.05, 0.1) is 0 Å². The van der Waals surface area contributed by atoms with Gasteiger partial charge in [0.1, 0.15) is 0 Å². The van der Waals surface area contributed by atoms with Gasteiger partial charge in [-0.05, 0) is 0 Å². The summed E-state index contributed by atoms with van der Waals surface area (Å²) >= 11 is 0. The molecule has 0 atom stereocenters. The molecule has 0 N–H and O–H groups in total. The van der Waals surface area contributed by atoms with Crippen molar-refractivity contribution in [2.24, 2.45) is 0 Å². The number of hydrogen-bond acceptors (Lipinski definition) is 0. The molecule has 0 amide bonds. The maximum absolute atomic E-state index is 2.20. The first kappa shape index (κ1) is 22.6. The van der Waals surface area contributed by atoms with Crippen molar-refractivity contribution in [3.05, 3.63) is 42.0 Å². The van der Waals surface area contributed by atoms with Gasteiger partial charge in [-0.3, -0.25) is 0 Å². The SMILES string of the molecule is C[Si]C.Cc1cc2ccccc2[cH-]1.[I-].[I-].[Zr+3]. The van der Waals surface area contributed by atoms with E-state index in [1.54, 1.807) is 0 Å². The van der Waals surface area contributed by atoms with Gasteiger partial charge in [-0.25, -0.2) is 0 Å². The Morgan fingerprint density at radius 2 is 1.56 bits per heavy atom. The Bertz CT molecular complexity index is 341. The van der Waals surface area contributed by atoms with E-state index < -0.39 is 0 Å². The van der Waals surface area contributed by atoms with E-state index >= 15 is 0 Å². The standard InChI is InChI=1S/C10H9.C2H6Si.2HI.Zr/c1-8-6-9-4-2-3-5-10(9)7-8;1-3-2;;;/h2-7H,1H3;1-2H3;2*1H;/q-1;;;;+3/p-2. The third kappa shape index (κ3) is 7.67. The Kier molecular flexibility index (Phi) is 18.1. The van der Waals surface area contributed by atoms with Crippen molar-refractivity contribution in [3.8, 4) is 0 Å². The predicted molar refractivity (Wildman–Crippen MR) is 61.8 cm³/mol. The van der Waals surface area contributed by atoms with Crippen molar-refractivity contribution >= 4 is 20.3 Å². The van der Waals surface area contributed by atoms with Crippen LogP contribution in [0.25, 0.3) is 10.8 Å². The number of halogens is 2. The topological polar surface area (TPSA) is 0 Å². The molecule has 2 aromatic rings. The normalized spacial score (nSPS) is 7.69. The van der Waals surface area contributed by atoms with Crippen LogP contribution in [-0.2, 0) is 26.2 Å². The van der Waals surface area contributed by atoms with E-state index in [2.05, 4.69) is 56.4 Å². The molecule has 16 heavy (non-hydrogen) atoms. The van der Waals surface area contributed by atoms with Crippen LogP contribution in [0, 0.1) is 6.92 Å². The Morgan fingerprint density at radius 3 is 2.06 bits per heavy atom. The van der Waals surface area contributed by atoms with Gasteiger partial charge in [0, 0.05) is 9.52 Å². The van der Waals surface area contributed by atoms with E-state index in [4.69, 9.17) is 0 Å². The van der Waals surface area contributed by atoms with Crippen LogP contribution >= 0.6 is 0 Å². The Labute approximate surface area is 154 Å². The van der Waals surface area contributed by atoms with Crippen LogP contribution in [-0.4, -0.2) is 9.52 Å². The van der Waals surface area contributed by atoms with Crippen LogP contribution in [0.4, 0.5) is 0 Å². The van der Waals surface area contributed by atoms with Gasteiger partial charge in [-0.2, -0.15) is 6.07 Å². The fourth-order valence-corrected chi connectivity index (χ4v) is 1.31. The Balaban J connectivity index is -0.000000258. The molecule has 0 bridgehead atoms. The molecule has 85 valence electrons. The maximum atomic E-state index is 2.20. The summed E-state index contributed by atoms with van der Waals surface area (Å²) in [6.07, 6.45) is 0. The van der Waals surface area contributed by atoms with E-state index in [9.17, 15) is 0 Å². The van der Waals surface area contributed by atoms with Crippen molar-refractivity contribution in [1.29, 1.82) is 0 Å². The Hall–Kier alpha value is 1.39. The van der Waals surface area contributed by atoms with Crippen LogP contribution in [0.1, 0.15) is 5.56 Å². The van der Waals surface area contributed by atoms with Gasteiger partial charge in [-0.1, -0.05) is 26.1 Å². The zero-order valence-electron chi connectivity index (χ0n) is 9.72. The fourth-order valence-electron chi connectivity index (χ4n) is 1.31. The molecule has 0 unspecified atom stereocenters. The molecule has 0 aliphatic heterocycles. The minimum Gasteiger partial charge on any atom is -1.00 e. The molecular formula is C12H15I2SiZr. The third-order valence-electron chi connectivity index (χ3n) is 1.76. The second kappa shape index (κ2) is 12.8. The van der Waals surface area contributed by atoms with E-state index in [0.717, 1.165) is 9.52 Å². The molecular weight excluding hydrogens is 517 g/mol. The van der Waals surface area contributed by atoms with E-state index in [0.29, 0.717) is 0 Å². The van der Waals surface area contributed by atoms with Gasteiger partial charge in [0.15, 0.2) is 0 Å². The number of benzene rings is 1. The molecule has 0 aliphatic rings. The largest absolute Gasteiger partial charge is 3.00 e. The first-order valence-electron chi connectivity index (χ1n) is 4.48. The molecule has 0 aromatic heterocycles. The van der Waals surface area contributed by atoms with E-state index in [1.165, 1.54) is 16.3 Å². The zero-order chi connectivity index (χ0) is 9.68. The zero-order valence-corrected chi connectivity index (χ0v) is 17.5. The number of rotatable bonds is 0. The fraction of sp³-hybridized carbons (Fsp3) is 0.250. The van der Waals surface area contributed by atoms with Crippen molar-refractivity contribution in [1.82, 2.24) is 0 Å². The van der Waals surface area contributed by atoms with E-state index in [1.807, 2.05) is 0 Å². The molecule has 0 saturated carbocycles. The van der Waals surface area contributed by atoms with Crippen molar-refractivity contribution in [3.63, 3.8) is 0 Å². The van der Waals surface area contributed by atoms with Crippen LogP contribution in [0.2, 0.25) is 13.1 Å². The molecule has 2 rings (SSSR count). The first-order valence-corrected chi connectivity index (χ1v) is 6.48. The molecule has 0 aliphatic carbocycles. The third-order valence-corrected chi connectivity index (χ3v) is 1.76. The summed E-state index contributed by atoms with van der Waals surface area (Å²) in [6.45, 7) is 6.43.